The highest BCUT2D eigenvalue weighted by molar-refractivity contribution is 5.94. The molecule has 1 amide bonds. The van der Waals surface area contributed by atoms with E-state index in [0.29, 0.717) is 23.5 Å². The molecule has 0 unspecified atom stereocenters. The minimum Gasteiger partial charge on any atom is -0.481 e. The first-order valence-corrected chi connectivity index (χ1v) is 9.31. The van der Waals surface area contributed by atoms with Gasteiger partial charge in [-0.1, -0.05) is 13.3 Å². The molecule has 7 nitrogen and oxygen atoms in total. The van der Waals surface area contributed by atoms with E-state index >= 15 is 0 Å². The van der Waals surface area contributed by atoms with E-state index in [1.54, 1.807) is 19.1 Å². The van der Waals surface area contributed by atoms with Gasteiger partial charge in [0, 0.05) is 24.3 Å². The number of nitrogens with zero attached hydrogens (tertiary/aromatic N) is 2. The van der Waals surface area contributed by atoms with E-state index in [-0.39, 0.29) is 43.3 Å². The molecule has 0 saturated carbocycles. The minimum absolute atomic E-state index is 0.0612. The zero-order chi connectivity index (χ0) is 20.5. The van der Waals surface area contributed by atoms with Gasteiger partial charge in [0.2, 0.25) is 0 Å². The summed E-state index contributed by atoms with van der Waals surface area (Å²) in [5.74, 6) is -1.40. The van der Waals surface area contributed by atoms with Gasteiger partial charge in [-0.05, 0) is 44.0 Å². The van der Waals surface area contributed by atoms with E-state index in [2.05, 4.69) is 9.97 Å². The number of likely N-dealkylation sites (tertiary alicyclic amines) is 1. The van der Waals surface area contributed by atoms with Crippen molar-refractivity contribution in [1.29, 1.82) is 0 Å². The third kappa shape index (κ3) is 3.52. The first kappa shape index (κ1) is 20.0. The van der Waals surface area contributed by atoms with Gasteiger partial charge >= 0.3 is 5.97 Å². The van der Waals surface area contributed by atoms with E-state index in [1.165, 1.54) is 17.0 Å². The molecule has 1 aromatic heterocycles. The second-order valence-electron chi connectivity index (χ2n) is 7.31. The van der Waals surface area contributed by atoms with Crippen LogP contribution < -0.4 is 0 Å². The Labute approximate surface area is 162 Å². The molecule has 3 rings (SSSR count). The second-order valence-corrected chi connectivity index (χ2v) is 7.31. The number of rotatable bonds is 5. The van der Waals surface area contributed by atoms with Crippen molar-refractivity contribution >= 4 is 11.9 Å². The lowest BCUT2D eigenvalue weighted by atomic mass is 9.74. The molecule has 1 aromatic carbocycles. The summed E-state index contributed by atoms with van der Waals surface area (Å²) < 4.78 is 13.1. The Kier molecular flexibility index (Phi) is 5.51. The summed E-state index contributed by atoms with van der Waals surface area (Å²) in [6.07, 6.45) is 0.0747. The number of nitrogens with one attached hydrogen (secondary N) is 1. The van der Waals surface area contributed by atoms with Crippen LogP contribution in [-0.2, 0) is 4.79 Å². The Bertz CT molecular complexity index is 880. The van der Waals surface area contributed by atoms with Crippen molar-refractivity contribution in [1.82, 2.24) is 14.9 Å². The van der Waals surface area contributed by atoms with Crippen molar-refractivity contribution in [2.24, 2.45) is 5.41 Å². The van der Waals surface area contributed by atoms with Crippen molar-refractivity contribution in [2.45, 2.75) is 39.2 Å². The summed E-state index contributed by atoms with van der Waals surface area (Å²) >= 11 is 0. The van der Waals surface area contributed by atoms with Gasteiger partial charge in [-0.25, -0.2) is 9.37 Å². The fourth-order valence-corrected chi connectivity index (χ4v) is 3.82. The number of aryl methyl sites for hydroxylation is 1. The smallest absolute Gasteiger partial charge is 0.314 e. The van der Waals surface area contributed by atoms with Crippen LogP contribution in [0, 0.1) is 18.2 Å². The van der Waals surface area contributed by atoms with Gasteiger partial charge in [-0.3, -0.25) is 9.59 Å². The second kappa shape index (κ2) is 7.71. The third-order valence-electron chi connectivity index (χ3n) is 5.40. The molecule has 150 valence electrons. The summed E-state index contributed by atoms with van der Waals surface area (Å²) in [5, 5.41) is 20.1. The summed E-state index contributed by atoms with van der Waals surface area (Å²) in [4.78, 5) is 33.8. The molecule has 0 aliphatic carbocycles. The Morgan fingerprint density at radius 3 is 2.64 bits per heavy atom. The third-order valence-corrected chi connectivity index (χ3v) is 5.40. The molecule has 1 aliphatic rings. The average molecular weight is 389 g/mol. The van der Waals surface area contributed by atoms with E-state index < -0.39 is 17.5 Å². The van der Waals surface area contributed by atoms with Gasteiger partial charge in [0.1, 0.15) is 22.8 Å². The molecule has 1 fully saturated rings. The molecule has 0 spiro atoms. The summed E-state index contributed by atoms with van der Waals surface area (Å²) in [5.41, 5.74) is 0.0222. The van der Waals surface area contributed by atoms with Crippen LogP contribution in [0.2, 0.25) is 0 Å². The number of aromatic amines is 1. The summed E-state index contributed by atoms with van der Waals surface area (Å²) in [7, 11) is 0. The van der Waals surface area contributed by atoms with Crippen LogP contribution in [0.1, 0.15) is 42.4 Å². The predicted molar refractivity (Wildman–Crippen MR) is 100 cm³/mol. The summed E-state index contributed by atoms with van der Waals surface area (Å²) in [6.45, 7) is 3.76. The molecular weight excluding hydrogens is 365 g/mol. The number of H-pyrrole nitrogens is 1. The molecule has 28 heavy (non-hydrogen) atoms. The SMILES string of the molecule is CCC[C@@]1(C(=O)O)CN(C(=O)c2nc(-c3ccc(F)cc3)[nH]c2C)CC[C@H]1O. The molecule has 0 bridgehead atoms. The molecule has 1 saturated heterocycles. The van der Waals surface area contributed by atoms with E-state index in [0.717, 1.165) is 0 Å². The fraction of sp³-hybridized carbons (Fsp3) is 0.450. The van der Waals surface area contributed by atoms with Crippen LogP contribution in [0.5, 0.6) is 0 Å². The minimum atomic E-state index is -1.37. The molecule has 3 N–H and O–H groups in total. The number of halogens is 1. The number of benzene rings is 1. The fourth-order valence-electron chi connectivity index (χ4n) is 3.82. The number of aliphatic hydroxyl groups excluding tert-OH is 1. The number of hydrogen-bond donors (Lipinski definition) is 3. The standard InChI is InChI=1S/C20H24FN3O4/c1-3-9-20(19(27)28)11-24(10-8-15(20)25)18(26)16-12(2)22-17(23-16)13-4-6-14(21)7-5-13/h4-7,15,25H,3,8-11H2,1-2H3,(H,22,23)(H,27,28)/t15-,20-/m1/s1. The highest BCUT2D eigenvalue weighted by atomic mass is 19.1. The molecule has 2 aromatic rings. The zero-order valence-corrected chi connectivity index (χ0v) is 15.9. The summed E-state index contributed by atoms with van der Waals surface area (Å²) in [6, 6.07) is 5.75. The largest absolute Gasteiger partial charge is 0.481 e. The van der Waals surface area contributed by atoms with Gasteiger partial charge in [0.25, 0.3) is 5.91 Å². The van der Waals surface area contributed by atoms with Gasteiger partial charge in [-0.2, -0.15) is 0 Å². The number of imidazole rings is 1. The van der Waals surface area contributed by atoms with Crippen LogP contribution in [0.15, 0.2) is 24.3 Å². The van der Waals surface area contributed by atoms with Crippen LogP contribution in [0.3, 0.4) is 0 Å². The van der Waals surface area contributed by atoms with E-state index in [4.69, 9.17) is 0 Å². The number of carbonyl (C=O) groups excluding carboxylic acids is 1. The van der Waals surface area contributed by atoms with Gasteiger partial charge in [-0.15, -0.1) is 0 Å². The maximum atomic E-state index is 13.1. The zero-order valence-electron chi connectivity index (χ0n) is 15.9. The molecule has 2 heterocycles. The number of hydrogen-bond acceptors (Lipinski definition) is 4. The average Bonchev–Trinajstić information content (AvgIpc) is 3.05. The highest BCUT2D eigenvalue weighted by Gasteiger charge is 2.49. The molecule has 8 heteroatoms. The number of carboxylic acid groups (broad SMARTS) is 1. The Morgan fingerprint density at radius 1 is 1.36 bits per heavy atom. The number of aliphatic carboxylic acids is 1. The lowest BCUT2D eigenvalue weighted by Crippen LogP contribution is -2.57. The Hall–Kier alpha value is -2.74. The lowest BCUT2D eigenvalue weighted by molar-refractivity contribution is -0.162. The monoisotopic (exact) mass is 389 g/mol. The maximum Gasteiger partial charge on any atom is 0.314 e. The topological polar surface area (TPSA) is 107 Å². The molecule has 1 aliphatic heterocycles. The number of carbonyl (C=O) groups is 2. The number of piperidine rings is 1. The number of carboxylic acids is 1. The molecule has 0 radical (unpaired) electrons. The van der Waals surface area contributed by atoms with Crippen molar-refractivity contribution in [3.63, 3.8) is 0 Å². The first-order valence-electron chi connectivity index (χ1n) is 9.31. The van der Waals surface area contributed by atoms with Gasteiger partial charge in [0.05, 0.1) is 6.10 Å². The Balaban J connectivity index is 1.87. The van der Waals surface area contributed by atoms with Crippen LogP contribution >= 0.6 is 0 Å². The predicted octanol–water partition coefficient (Wildman–Crippen LogP) is 2.60. The van der Waals surface area contributed by atoms with Crippen molar-refractivity contribution in [2.75, 3.05) is 13.1 Å². The molecule has 2 atom stereocenters. The number of amides is 1. The maximum absolute atomic E-state index is 13.1. The van der Waals surface area contributed by atoms with Crippen LogP contribution in [0.25, 0.3) is 11.4 Å². The normalized spacial score (nSPS) is 22.3. The first-order chi connectivity index (χ1) is 13.3. The number of aliphatic hydroxyl groups is 1. The van der Waals surface area contributed by atoms with Crippen LogP contribution in [-0.4, -0.2) is 56.2 Å². The van der Waals surface area contributed by atoms with Gasteiger partial charge in [0.15, 0.2) is 0 Å². The van der Waals surface area contributed by atoms with Crippen molar-refractivity contribution in [3.8, 4) is 11.4 Å². The van der Waals surface area contributed by atoms with Crippen molar-refractivity contribution < 1.29 is 24.2 Å². The van der Waals surface area contributed by atoms with Crippen LogP contribution in [0.4, 0.5) is 4.39 Å². The highest BCUT2D eigenvalue weighted by Crippen LogP contribution is 2.36. The Morgan fingerprint density at radius 2 is 2.04 bits per heavy atom. The molecular formula is C20H24FN3O4. The lowest BCUT2D eigenvalue weighted by Gasteiger charge is -2.43. The van der Waals surface area contributed by atoms with Crippen molar-refractivity contribution in [3.05, 3.63) is 41.5 Å². The van der Waals surface area contributed by atoms with E-state index in [1.807, 2.05) is 6.92 Å². The number of aromatic nitrogens is 2. The quantitative estimate of drug-likeness (QED) is 0.729. The van der Waals surface area contributed by atoms with E-state index in [9.17, 15) is 24.2 Å². The van der Waals surface area contributed by atoms with Gasteiger partial charge < -0.3 is 20.1 Å².